The number of nitrogens with one attached hydrogen (secondary N) is 1. The average Bonchev–Trinajstić information content (AvgIpc) is 2.63. The van der Waals surface area contributed by atoms with Crippen LogP contribution in [0.5, 0.6) is 0 Å². The second-order valence-electron chi connectivity index (χ2n) is 4.49. The topological polar surface area (TPSA) is 46.2 Å². The highest BCUT2D eigenvalue weighted by atomic mass is 32.2. The van der Waals surface area contributed by atoms with E-state index in [1.807, 2.05) is 6.92 Å². The quantitative estimate of drug-likeness (QED) is 0.763. The molecule has 0 saturated carbocycles. The van der Waals surface area contributed by atoms with Crippen molar-refractivity contribution in [3.05, 3.63) is 0 Å². The standard InChI is InChI=1S/C9H18F3N2O2S/c1-2-14(5-3-4-6-14)8-17(15,16)13-7-9(10,11)12/h13H,2-8H2,1H3/q+1. The summed E-state index contributed by atoms with van der Waals surface area (Å²) in [5.74, 6) is -0.250. The van der Waals surface area contributed by atoms with Gasteiger partial charge >= 0.3 is 6.18 Å². The van der Waals surface area contributed by atoms with Gasteiger partial charge in [0.2, 0.25) is 0 Å². The molecule has 0 aromatic heterocycles. The molecule has 1 rings (SSSR count). The van der Waals surface area contributed by atoms with Crippen molar-refractivity contribution >= 4 is 10.0 Å². The van der Waals surface area contributed by atoms with Crippen LogP contribution in [0, 0.1) is 0 Å². The van der Waals surface area contributed by atoms with Crippen LogP contribution >= 0.6 is 0 Å². The van der Waals surface area contributed by atoms with Crippen LogP contribution < -0.4 is 4.72 Å². The Bertz CT molecular complexity index is 348. The molecule has 1 N–H and O–H groups in total. The van der Waals surface area contributed by atoms with E-state index < -0.39 is 22.7 Å². The summed E-state index contributed by atoms with van der Waals surface area (Å²) in [6.45, 7) is 2.46. The Morgan fingerprint density at radius 2 is 1.76 bits per heavy atom. The van der Waals surface area contributed by atoms with Crippen molar-refractivity contribution in [2.24, 2.45) is 0 Å². The van der Waals surface area contributed by atoms with Gasteiger partial charge in [-0.2, -0.15) is 13.2 Å². The van der Waals surface area contributed by atoms with E-state index in [0.29, 0.717) is 11.0 Å². The summed E-state index contributed by atoms with van der Waals surface area (Å²) in [5.41, 5.74) is 0. The van der Waals surface area contributed by atoms with Gasteiger partial charge in [0.1, 0.15) is 6.54 Å². The molecule has 0 amide bonds. The third kappa shape index (κ3) is 4.81. The van der Waals surface area contributed by atoms with Crippen molar-refractivity contribution in [3.8, 4) is 0 Å². The molecule has 0 bridgehead atoms. The summed E-state index contributed by atoms with van der Waals surface area (Å²) >= 11 is 0. The highest BCUT2D eigenvalue weighted by molar-refractivity contribution is 7.89. The van der Waals surface area contributed by atoms with E-state index in [4.69, 9.17) is 0 Å². The number of nitrogens with zero attached hydrogens (tertiary/aromatic N) is 1. The third-order valence-electron chi connectivity index (χ3n) is 3.12. The van der Waals surface area contributed by atoms with Crippen LogP contribution in [0.3, 0.4) is 0 Å². The lowest BCUT2D eigenvalue weighted by molar-refractivity contribution is -0.903. The molecule has 1 aliphatic rings. The van der Waals surface area contributed by atoms with Gasteiger partial charge in [0.15, 0.2) is 5.88 Å². The molecule has 0 aromatic rings. The molecule has 1 fully saturated rings. The number of alkyl halides is 3. The molecule has 0 aliphatic carbocycles. The van der Waals surface area contributed by atoms with Crippen molar-refractivity contribution in [1.29, 1.82) is 0 Å². The lowest BCUT2D eigenvalue weighted by Crippen LogP contribution is -2.51. The lowest BCUT2D eigenvalue weighted by Gasteiger charge is -2.32. The summed E-state index contributed by atoms with van der Waals surface area (Å²) in [4.78, 5) is 0. The maximum atomic E-state index is 11.9. The van der Waals surface area contributed by atoms with E-state index >= 15 is 0 Å². The summed E-state index contributed by atoms with van der Waals surface area (Å²) in [6, 6.07) is 0. The predicted molar refractivity (Wildman–Crippen MR) is 57.6 cm³/mol. The van der Waals surface area contributed by atoms with Gasteiger partial charge in [0.25, 0.3) is 10.0 Å². The van der Waals surface area contributed by atoms with Gasteiger partial charge in [-0.25, -0.2) is 13.1 Å². The normalized spacial score (nSPS) is 20.7. The zero-order valence-corrected chi connectivity index (χ0v) is 10.6. The number of sulfonamides is 1. The molecule has 1 heterocycles. The second-order valence-corrected chi connectivity index (χ2v) is 6.27. The zero-order valence-electron chi connectivity index (χ0n) is 9.76. The van der Waals surface area contributed by atoms with Crippen LogP contribution in [0.1, 0.15) is 19.8 Å². The van der Waals surface area contributed by atoms with Crippen molar-refractivity contribution < 1.29 is 26.1 Å². The number of likely N-dealkylation sites (tertiary alicyclic amines) is 1. The fourth-order valence-electron chi connectivity index (χ4n) is 2.14. The van der Waals surface area contributed by atoms with Crippen LogP contribution in [0.2, 0.25) is 0 Å². The molecule has 102 valence electrons. The first-order valence-electron chi connectivity index (χ1n) is 5.57. The van der Waals surface area contributed by atoms with E-state index in [9.17, 15) is 21.6 Å². The highest BCUT2D eigenvalue weighted by Gasteiger charge is 2.37. The third-order valence-corrected chi connectivity index (χ3v) is 4.59. The Morgan fingerprint density at radius 3 is 2.18 bits per heavy atom. The second kappa shape index (κ2) is 5.11. The maximum Gasteiger partial charge on any atom is 0.402 e. The molecule has 0 spiro atoms. The maximum absolute atomic E-state index is 11.9. The minimum atomic E-state index is -4.50. The molecule has 17 heavy (non-hydrogen) atoms. The molecule has 1 aliphatic heterocycles. The smallest absolute Gasteiger partial charge is 0.310 e. The van der Waals surface area contributed by atoms with E-state index in [0.717, 1.165) is 25.9 Å². The molecule has 0 atom stereocenters. The fourth-order valence-corrected chi connectivity index (χ4v) is 3.78. The van der Waals surface area contributed by atoms with Gasteiger partial charge < -0.3 is 4.48 Å². The van der Waals surface area contributed by atoms with E-state index in [1.165, 1.54) is 0 Å². The SMILES string of the molecule is CC[N+]1(CS(=O)(=O)NCC(F)(F)F)CCCC1. The number of quaternary nitrogens is 1. The van der Waals surface area contributed by atoms with Gasteiger partial charge in [-0.3, -0.25) is 0 Å². The minimum absolute atomic E-state index is 0.250. The van der Waals surface area contributed by atoms with Gasteiger partial charge in [0, 0.05) is 12.8 Å². The molecule has 0 aromatic carbocycles. The van der Waals surface area contributed by atoms with Gasteiger partial charge in [0.05, 0.1) is 19.6 Å². The van der Waals surface area contributed by atoms with Crippen LogP contribution in [0.15, 0.2) is 0 Å². The number of halogens is 3. The minimum Gasteiger partial charge on any atom is -0.310 e. The van der Waals surface area contributed by atoms with Crippen LogP contribution in [-0.4, -0.2) is 51.1 Å². The number of rotatable bonds is 5. The van der Waals surface area contributed by atoms with Gasteiger partial charge in [-0.15, -0.1) is 0 Å². The van der Waals surface area contributed by atoms with Crippen molar-refractivity contribution in [2.45, 2.75) is 25.9 Å². The van der Waals surface area contributed by atoms with Crippen molar-refractivity contribution in [2.75, 3.05) is 32.1 Å². The Kier molecular flexibility index (Phi) is 4.43. The van der Waals surface area contributed by atoms with Crippen LogP contribution in [-0.2, 0) is 10.0 Å². The number of hydrogen-bond donors (Lipinski definition) is 1. The Hall–Kier alpha value is -0.340. The van der Waals surface area contributed by atoms with Gasteiger partial charge in [-0.1, -0.05) is 0 Å². The molecule has 4 nitrogen and oxygen atoms in total. The first kappa shape index (κ1) is 14.7. The Morgan fingerprint density at radius 1 is 1.24 bits per heavy atom. The van der Waals surface area contributed by atoms with Crippen LogP contribution in [0.4, 0.5) is 13.2 Å². The summed E-state index contributed by atoms with van der Waals surface area (Å²) in [6.07, 6.45) is -2.64. The molecule has 1 saturated heterocycles. The molecule has 0 unspecified atom stereocenters. The Labute approximate surface area is 99.4 Å². The van der Waals surface area contributed by atoms with Crippen molar-refractivity contribution in [1.82, 2.24) is 4.72 Å². The van der Waals surface area contributed by atoms with Crippen LogP contribution in [0.25, 0.3) is 0 Å². The molecular formula is C9H18F3N2O2S+. The van der Waals surface area contributed by atoms with E-state index in [2.05, 4.69) is 0 Å². The number of hydrogen-bond acceptors (Lipinski definition) is 2. The van der Waals surface area contributed by atoms with Gasteiger partial charge in [-0.05, 0) is 6.92 Å². The molecule has 8 heteroatoms. The monoisotopic (exact) mass is 275 g/mol. The summed E-state index contributed by atoms with van der Waals surface area (Å²) < 4.78 is 61.0. The van der Waals surface area contributed by atoms with Crippen molar-refractivity contribution in [3.63, 3.8) is 0 Å². The largest absolute Gasteiger partial charge is 0.402 e. The zero-order chi connectivity index (χ0) is 13.2. The first-order valence-corrected chi connectivity index (χ1v) is 7.22. The fraction of sp³-hybridized carbons (Fsp3) is 1.00. The highest BCUT2D eigenvalue weighted by Crippen LogP contribution is 2.20. The summed E-state index contributed by atoms with van der Waals surface area (Å²) in [7, 11) is -3.87. The Balaban J connectivity index is 2.59. The first-order chi connectivity index (χ1) is 7.68. The average molecular weight is 275 g/mol. The lowest BCUT2D eigenvalue weighted by atomic mass is 10.4. The molecular weight excluding hydrogens is 257 g/mol. The predicted octanol–water partition coefficient (Wildman–Crippen LogP) is 1.06. The summed E-state index contributed by atoms with van der Waals surface area (Å²) in [5, 5.41) is 0. The van der Waals surface area contributed by atoms with E-state index in [1.54, 1.807) is 4.72 Å². The molecule has 0 radical (unpaired) electrons. The van der Waals surface area contributed by atoms with E-state index in [-0.39, 0.29) is 5.88 Å².